The van der Waals surface area contributed by atoms with Gasteiger partial charge in [0, 0.05) is 32.5 Å². The Bertz CT molecular complexity index is 284. The third kappa shape index (κ3) is 1.67. The Kier molecular flexibility index (Phi) is 2.22. The number of anilines is 1. The second-order valence-corrected chi connectivity index (χ2v) is 3.58. The summed E-state index contributed by atoms with van der Waals surface area (Å²) < 4.78 is 1.98. The van der Waals surface area contributed by atoms with Gasteiger partial charge < -0.3 is 14.6 Å². The van der Waals surface area contributed by atoms with Crippen molar-refractivity contribution >= 4 is 5.95 Å². The molecule has 13 heavy (non-hydrogen) atoms. The fourth-order valence-corrected chi connectivity index (χ4v) is 1.80. The van der Waals surface area contributed by atoms with Crippen LogP contribution in [0.4, 0.5) is 5.95 Å². The van der Waals surface area contributed by atoms with E-state index in [1.54, 1.807) is 6.20 Å². The van der Waals surface area contributed by atoms with Crippen LogP contribution in [0.25, 0.3) is 0 Å². The molecule has 1 N–H and O–H groups in total. The zero-order valence-corrected chi connectivity index (χ0v) is 7.85. The Morgan fingerprint density at radius 3 is 3.08 bits per heavy atom. The molecule has 1 atom stereocenters. The van der Waals surface area contributed by atoms with Crippen molar-refractivity contribution in [1.29, 1.82) is 0 Å². The second kappa shape index (κ2) is 3.38. The molecule has 1 unspecified atom stereocenters. The molecule has 0 bridgehead atoms. The molecule has 4 heteroatoms. The van der Waals surface area contributed by atoms with E-state index in [2.05, 4.69) is 9.88 Å². The minimum absolute atomic E-state index is 0.189. The van der Waals surface area contributed by atoms with E-state index >= 15 is 0 Å². The summed E-state index contributed by atoms with van der Waals surface area (Å²) in [7, 11) is 1.98. The van der Waals surface area contributed by atoms with Gasteiger partial charge in [0.1, 0.15) is 0 Å². The minimum Gasteiger partial charge on any atom is -0.391 e. The number of hydrogen-bond acceptors (Lipinski definition) is 3. The summed E-state index contributed by atoms with van der Waals surface area (Å²) >= 11 is 0. The lowest BCUT2D eigenvalue weighted by Crippen LogP contribution is -2.39. The van der Waals surface area contributed by atoms with E-state index in [1.165, 1.54) is 0 Å². The zero-order chi connectivity index (χ0) is 9.26. The number of rotatable bonds is 1. The summed E-state index contributed by atoms with van der Waals surface area (Å²) in [6, 6.07) is 0. The van der Waals surface area contributed by atoms with Crippen LogP contribution in [-0.4, -0.2) is 33.9 Å². The first-order chi connectivity index (χ1) is 6.27. The van der Waals surface area contributed by atoms with Gasteiger partial charge in [-0.15, -0.1) is 0 Å². The van der Waals surface area contributed by atoms with Gasteiger partial charge >= 0.3 is 0 Å². The Morgan fingerprint density at radius 1 is 1.62 bits per heavy atom. The molecule has 72 valence electrons. The SMILES string of the molecule is Cn1ccnc1N1CCCC(O)C1. The predicted octanol–water partition coefficient (Wildman–Crippen LogP) is 0.381. The zero-order valence-electron chi connectivity index (χ0n) is 7.85. The number of hydrogen-bond donors (Lipinski definition) is 1. The third-order valence-corrected chi connectivity index (χ3v) is 2.48. The average molecular weight is 181 g/mol. The number of aromatic nitrogens is 2. The van der Waals surface area contributed by atoms with Crippen LogP contribution in [0.1, 0.15) is 12.8 Å². The first kappa shape index (κ1) is 8.56. The van der Waals surface area contributed by atoms with Crippen molar-refractivity contribution in [3.63, 3.8) is 0 Å². The van der Waals surface area contributed by atoms with Crippen molar-refractivity contribution in [2.45, 2.75) is 18.9 Å². The van der Waals surface area contributed by atoms with Crippen LogP contribution < -0.4 is 4.90 Å². The van der Waals surface area contributed by atoms with Crippen molar-refractivity contribution in [2.24, 2.45) is 7.05 Å². The van der Waals surface area contributed by atoms with E-state index in [0.29, 0.717) is 6.54 Å². The second-order valence-electron chi connectivity index (χ2n) is 3.58. The maximum absolute atomic E-state index is 9.49. The Labute approximate surface area is 77.8 Å². The monoisotopic (exact) mass is 181 g/mol. The molecule has 2 heterocycles. The van der Waals surface area contributed by atoms with Gasteiger partial charge in [0.25, 0.3) is 0 Å². The Morgan fingerprint density at radius 2 is 2.46 bits per heavy atom. The van der Waals surface area contributed by atoms with Crippen LogP contribution in [0.15, 0.2) is 12.4 Å². The molecule has 1 aromatic heterocycles. The summed E-state index contributed by atoms with van der Waals surface area (Å²) in [5.74, 6) is 0.957. The van der Waals surface area contributed by atoms with Crippen LogP contribution in [-0.2, 0) is 7.05 Å². The van der Waals surface area contributed by atoms with E-state index < -0.39 is 0 Å². The molecule has 0 amide bonds. The van der Waals surface area contributed by atoms with E-state index in [4.69, 9.17) is 0 Å². The van der Waals surface area contributed by atoms with Gasteiger partial charge in [0.2, 0.25) is 5.95 Å². The van der Waals surface area contributed by atoms with Gasteiger partial charge in [-0.1, -0.05) is 0 Å². The Balaban J connectivity index is 2.12. The maximum Gasteiger partial charge on any atom is 0.205 e. The summed E-state index contributed by atoms with van der Waals surface area (Å²) in [6.45, 7) is 1.72. The first-order valence-corrected chi connectivity index (χ1v) is 4.67. The normalized spacial score (nSPS) is 23.5. The van der Waals surface area contributed by atoms with Crippen LogP contribution >= 0.6 is 0 Å². The standard InChI is InChI=1S/C9H15N3O/c1-11-6-4-10-9(11)12-5-2-3-8(13)7-12/h4,6,8,13H,2-3,5,7H2,1H3. The fourth-order valence-electron chi connectivity index (χ4n) is 1.80. The molecule has 0 spiro atoms. The van der Waals surface area contributed by atoms with Crippen molar-refractivity contribution in [3.05, 3.63) is 12.4 Å². The van der Waals surface area contributed by atoms with Gasteiger partial charge in [-0.05, 0) is 12.8 Å². The van der Waals surface area contributed by atoms with Crippen molar-refractivity contribution < 1.29 is 5.11 Å². The third-order valence-electron chi connectivity index (χ3n) is 2.48. The van der Waals surface area contributed by atoms with Gasteiger partial charge in [-0.25, -0.2) is 4.98 Å². The van der Waals surface area contributed by atoms with Crippen LogP contribution in [0, 0.1) is 0 Å². The predicted molar refractivity (Wildman–Crippen MR) is 50.7 cm³/mol. The highest BCUT2D eigenvalue weighted by molar-refractivity contribution is 5.31. The molecule has 2 rings (SSSR count). The molecule has 0 aromatic carbocycles. The molecular formula is C9H15N3O. The summed E-state index contributed by atoms with van der Waals surface area (Å²) in [5.41, 5.74) is 0. The number of imidazole rings is 1. The number of aryl methyl sites for hydroxylation is 1. The lowest BCUT2D eigenvalue weighted by molar-refractivity contribution is 0.153. The number of aliphatic hydroxyl groups is 1. The van der Waals surface area contributed by atoms with Crippen molar-refractivity contribution in [2.75, 3.05) is 18.0 Å². The van der Waals surface area contributed by atoms with Crippen LogP contribution in [0.5, 0.6) is 0 Å². The highest BCUT2D eigenvalue weighted by atomic mass is 16.3. The lowest BCUT2D eigenvalue weighted by Gasteiger charge is -2.30. The molecular weight excluding hydrogens is 166 g/mol. The highest BCUT2D eigenvalue weighted by Gasteiger charge is 2.19. The topological polar surface area (TPSA) is 41.3 Å². The molecule has 0 radical (unpaired) electrons. The fraction of sp³-hybridized carbons (Fsp3) is 0.667. The number of nitrogens with zero attached hydrogens (tertiary/aromatic N) is 3. The van der Waals surface area contributed by atoms with Crippen LogP contribution in [0.2, 0.25) is 0 Å². The van der Waals surface area contributed by atoms with Gasteiger partial charge in [0.05, 0.1) is 6.10 Å². The van der Waals surface area contributed by atoms with Crippen molar-refractivity contribution in [3.8, 4) is 0 Å². The van der Waals surface area contributed by atoms with E-state index in [1.807, 2.05) is 17.8 Å². The molecule has 0 saturated carbocycles. The smallest absolute Gasteiger partial charge is 0.205 e. The largest absolute Gasteiger partial charge is 0.391 e. The number of β-amino-alcohol motifs (C(OH)–C–C–N with tert-alkyl or cyclic N) is 1. The molecule has 4 nitrogen and oxygen atoms in total. The molecule has 1 aliphatic heterocycles. The summed E-state index contributed by atoms with van der Waals surface area (Å²) in [6.07, 6.45) is 5.49. The summed E-state index contributed by atoms with van der Waals surface area (Å²) in [4.78, 5) is 6.38. The van der Waals surface area contributed by atoms with Crippen molar-refractivity contribution in [1.82, 2.24) is 9.55 Å². The maximum atomic E-state index is 9.49. The average Bonchev–Trinajstić information content (AvgIpc) is 2.51. The number of aliphatic hydroxyl groups excluding tert-OH is 1. The molecule has 1 fully saturated rings. The van der Waals surface area contributed by atoms with E-state index in [-0.39, 0.29) is 6.10 Å². The van der Waals surface area contributed by atoms with E-state index in [9.17, 15) is 5.11 Å². The van der Waals surface area contributed by atoms with Gasteiger partial charge in [-0.3, -0.25) is 0 Å². The van der Waals surface area contributed by atoms with Crippen LogP contribution in [0.3, 0.4) is 0 Å². The summed E-state index contributed by atoms with van der Waals surface area (Å²) in [5, 5.41) is 9.49. The molecule has 0 aliphatic carbocycles. The number of piperidine rings is 1. The Hall–Kier alpha value is -1.03. The van der Waals surface area contributed by atoms with E-state index in [0.717, 1.165) is 25.3 Å². The quantitative estimate of drug-likeness (QED) is 0.681. The molecule has 1 saturated heterocycles. The molecule has 1 aliphatic rings. The minimum atomic E-state index is -0.189. The highest BCUT2D eigenvalue weighted by Crippen LogP contribution is 2.16. The molecule has 1 aromatic rings. The lowest BCUT2D eigenvalue weighted by atomic mass is 10.1. The van der Waals surface area contributed by atoms with Gasteiger partial charge in [0.15, 0.2) is 0 Å². The van der Waals surface area contributed by atoms with Gasteiger partial charge in [-0.2, -0.15) is 0 Å². The first-order valence-electron chi connectivity index (χ1n) is 4.67.